The quantitative estimate of drug-likeness (QED) is 0.472. The van der Waals surface area contributed by atoms with Crippen LogP contribution in [0.25, 0.3) is 0 Å². The molecule has 2 aromatic heterocycles. The smallest absolute Gasteiger partial charge is 0.225 e. The van der Waals surface area contributed by atoms with Gasteiger partial charge < -0.3 is 19.7 Å². The molecule has 2 aliphatic heterocycles. The topological polar surface area (TPSA) is 94.3 Å². The van der Waals surface area contributed by atoms with Crippen LogP contribution in [0.4, 0.5) is 0 Å². The second kappa shape index (κ2) is 12.4. The van der Waals surface area contributed by atoms with Crippen LogP contribution >= 0.6 is 11.3 Å². The maximum atomic E-state index is 12.6. The third kappa shape index (κ3) is 6.29. The Labute approximate surface area is 231 Å². The molecule has 0 radical (unpaired) electrons. The fraction of sp³-hybridized carbons (Fsp3) is 0.655. The molecule has 2 aliphatic rings. The van der Waals surface area contributed by atoms with E-state index < -0.39 is 0 Å². The average Bonchev–Trinajstić information content (AvgIpc) is 3.62. The summed E-state index contributed by atoms with van der Waals surface area (Å²) in [6.07, 6.45) is 6.20. The van der Waals surface area contributed by atoms with Crippen molar-refractivity contribution in [2.75, 3.05) is 19.6 Å². The molecule has 0 aromatic carbocycles. The van der Waals surface area contributed by atoms with Gasteiger partial charge in [-0.3, -0.25) is 9.59 Å². The van der Waals surface area contributed by atoms with Crippen LogP contribution in [0.2, 0.25) is 0 Å². The number of hydrogen-bond donors (Lipinski definition) is 1. The maximum Gasteiger partial charge on any atom is 0.225 e. The third-order valence-corrected chi connectivity index (χ3v) is 9.18. The highest BCUT2D eigenvalue weighted by Gasteiger charge is 2.32. The number of amides is 2. The lowest BCUT2D eigenvalue weighted by atomic mass is 10.0. The van der Waals surface area contributed by atoms with Crippen molar-refractivity contribution >= 4 is 23.2 Å². The number of hydrogen-bond acceptors (Lipinski definition) is 6. The Morgan fingerprint density at radius 1 is 1.29 bits per heavy atom. The molecule has 1 N–H and O–H groups in total. The number of carbonyl (C=O) groups excluding carboxylic acids is 2. The minimum absolute atomic E-state index is 0.00919. The molecule has 2 amide bonds. The fourth-order valence-corrected chi connectivity index (χ4v) is 7.12. The van der Waals surface area contributed by atoms with E-state index in [0.717, 1.165) is 61.7 Å². The molecule has 4 heterocycles. The number of imidazole rings is 1. The standard InChI is InChI=1S/C29H42N6O2S/c1-6-22(35-20(4)31-26-18-34(15-12-27(26)35)29(37)19(2)3)16-23-8-7-13-33(23)14-11-25(32-21(5)36)28-10-9-24(17-30)38-28/h9-10,19,22-23,25H,6-8,11-16,18H2,1-5H3,(H,32,36). The molecule has 3 unspecified atom stereocenters. The summed E-state index contributed by atoms with van der Waals surface area (Å²) >= 11 is 1.47. The number of aromatic nitrogens is 2. The zero-order valence-corrected chi connectivity index (χ0v) is 24.3. The molecule has 0 saturated carbocycles. The maximum absolute atomic E-state index is 12.6. The van der Waals surface area contributed by atoms with Gasteiger partial charge in [0.2, 0.25) is 11.8 Å². The van der Waals surface area contributed by atoms with Gasteiger partial charge in [0.25, 0.3) is 0 Å². The lowest BCUT2D eigenvalue weighted by Crippen LogP contribution is -2.39. The van der Waals surface area contributed by atoms with Crippen LogP contribution < -0.4 is 5.32 Å². The van der Waals surface area contributed by atoms with E-state index in [1.807, 2.05) is 30.9 Å². The molecule has 4 rings (SSSR count). The molecular weight excluding hydrogens is 496 g/mol. The number of aryl methyl sites for hydroxylation is 1. The fourth-order valence-electron chi connectivity index (χ4n) is 6.23. The number of nitrogens with zero attached hydrogens (tertiary/aromatic N) is 5. The van der Waals surface area contributed by atoms with Crippen LogP contribution in [0.5, 0.6) is 0 Å². The van der Waals surface area contributed by atoms with Gasteiger partial charge in [0.15, 0.2) is 0 Å². The first-order valence-electron chi connectivity index (χ1n) is 14.1. The second-order valence-electron chi connectivity index (χ2n) is 11.1. The predicted octanol–water partition coefficient (Wildman–Crippen LogP) is 4.74. The Hall–Kier alpha value is -2.70. The molecule has 0 bridgehead atoms. The normalized spacial score (nSPS) is 19.3. The van der Waals surface area contributed by atoms with E-state index in [1.54, 1.807) is 6.92 Å². The van der Waals surface area contributed by atoms with E-state index in [0.29, 0.717) is 23.5 Å². The summed E-state index contributed by atoms with van der Waals surface area (Å²) in [7, 11) is 0. The second-order valence-corrected chi connectivity index (χ2v) is 12.2. The number of thiophene rings is 1. The molecule has 0 aliphatic carbocycles. The largest absolute Gasteiger partial charge is 0.349 e. The van der Waals surface area contributed by atoms with Crippen LogP contribution in [0.3, 0.4) is 0 Å². The van der Waals surface area contributed by atoms with E-state index >= 15 is 0 Å². The minimum Gasteiger partial charge on any atom is -0.349 e. The summed E-state index contributed by atoms with van der Waals surface area (Å²) in [5.41, 5.74) is 2.37. The number of nitrogens with one attached hydrogen (secondary N) is 1. The van der Waals surface area contributed by atoms with E-state index in [9.17, 15) is 14.9 Å². The Morgan fingerprint density at radius 3 is 2.74 bits per heavy atom. The van der Waals surface area contributed by atoms with Gasteiger partial charge in [0.05, 0.1) is 18.3 Å². The molecule has 3 atom stereocenters. The van der Waals surface area contributed by atoms with Crippen LogP contribution in [-0.2, 0) is 22.6 Å². The predicted molar refractivity (Wildman–Crippen MR) is 150 cm³/mol. The highest BCUT2D eigenvalue weighted by atomic mass is 32.1. The van der Waals surface area contributed by atoms with E-state index in [-0.39, 0.29) is 23.8 Å². The van der Waals surface area contributed by atoms with Gasteiger partial charge in [0, 0.05) is 55.0 Å². The summed E-state index contributed by atoms with van der Waals surface area (Å²) < 4.78 is 2.47. The van der Waals surface area contributed by atoms with Crippen molar-refractivity contribution in [1.29, 1.82) is 5.26 Å². The van der Waals surface area contributed by atoms with Crippen molar-refractivity contribution in [2.45, 2.75) is 97.8 Å². The number of rotatable bonds is 10. The zero-order valence-electron chi connectivity index (χ0n) is 23.5. The van der Waals surface area contributed by atoms with Crippen LogP contribution in [0.15, 0.2) is 12.1 Å². The van der Waals surface area contributed by atoms with Gasteiger partial charge in [-0.05, 0) is 57.7 Å². The van der Waals surface area contributed by atoms with Crippen molar-refractivity contribution in [3.63, 3.8) is 0 Å². The minimum atomic E-state index is -0.0674. The van der Waals surface area contributed by atoms with Crippen molar-refractivity contribution < 1.29 is 9.59 Å². The van der Waals surface area contributed by atoms with Crippen molar-refractivity contribution in [3.8, 4) is 6.07 Å². The van der Waals surface area contributed by atoms with Gasteiger partial charge in [-0.15, -0.1) is 11.3 Å². The van der Waals surface area contributed by atoms with Crippen molar-refractivity contribution in [2.24, 2.45) is 5.92 Å². The number of carbonyl (C=O) groups is 2. The Balaban J connectivity index is 1.44. The molecule has 1 saturated heterocycles. The molecular formula is C29H42N6O2S. The van der Waals surface area contributed by atoms with E-state index in [2.05, 4.69) is 34.7 Å². The summed E-state index contributed by atoms with van der Waals surface area (Å²) in [5.74, 6) is 1.23. The Kier molecular flexibility index (Phi) is 9.27. The first-order chi connectivity index (χ1) is 18.2. The van der Waals surface area contributed by atoms with Crippen LogP contribution in [-0.4, -0.2) is 56.8 Å². The molecule has 9 heteroatoms. The van der Waals surface area contributed by atoms with E-state index in [1.165, 1.54) is 29.9 Å². The molecule has 1 fully saturated rings. The summed E-state index contributed by atoms with van der Waals surface area (Å²) in [6, 6.07) is 6.83. The van der Waals surface area contributed by atoms with Crippen LogP contribution in [0, 0.1) is 24.2 Å². The molecule has 0 spiro atoms. The Morgan fingerprint density at radius 2 is 2.08 bits per heavy atom. The van der Waals surface area contributed by atoms with Crippen molar-refractivity contribution in [3.05, 3.63) is 39.1 Å². The summed E-state index contributed by atoms with van der Waals surface area (Å²) in [4.78, 5) is 35.7. The highest BCUT2D eigenvalue weighted by molar-refractivity contribution is 7.12. The van der Waals surface area contributed by atoms with E-state index in [4.69, 9.17) is 4.98 Å². The lowest BCUT2D eigenvalue weighted by Gasteiger charge is -2.32. The monoisotopic (exact) mass is 538 g/mol. The SMILES string of the molecule is CCC(CC1CCCN1CCC(NC(C)=O)c1ccc(C#N)s1)n1c(C)nc2c1CCN(C(=O)C(C)C)C2. The first-order valence-corrected chi connectivity index (χ1v) is 14.9. The van der Waals surface area contributed by atoms with Gasteiger partial charge >= 0.3 is 0 Å². The van der Waals surface area contributed by atoms with Gasteiger partial charge in [-0.2, -0.15) is 5.26 Å². The summed E-state index contributed by atoms with van der Waals surface area (Å²) in [5, 5.41) is 12.3. The number of nitriles is 1. The average molecular weight is 539 g/mol. The van der Waals surface area contributed by atoms with Gasteiger partial charge in [-0.1, -0.05) is 20.8 Å². The number of likely N-dealkylation sites (tertiary alicyclic amines) is 1. The third-order valence-electron chi connectivity index (χ3n) is 8.08. The van der Waals surface area contributed by atoms with Crippen molar-refractivity contribution in [1.82, 2.24) is 24.7 Å². The molecule has 8 nitrogen and oxygen atoms in total. The molecule has 38 heavy (non-hydrogen) atoms. The van der Waals surface area contributed by atoms with Gasteiger partial charge in [-0.25, -0.2) is 4.98 Å². The summed E-state index contributed by atoms with van der Waals surface area (Å²) in [6.45, 7) is 13.2. The molecule has 2 aromatic rings. The zero-order chi connectivity index (χ0) is 27.4. The highest BCUT2D eigenvalue weighted by Crippen LogP contribution is 2.33. The lowest BCUT2D eigenvalue weighted by molar-refractivity contribution is -0.135. The number of fused-ring (bicyclic) bond motifs is 1. The Bertz CT molecular complexity index is 1180. The molecule has 206 valence electrons. The first kappa shape index (κ1) is 28.3. The van der Waals surface area contributed by atoms with Gasteiger partial charge in [0.1, 0.15) is 16.8 Å². The van der Waals surface area contributed by atoms with Crippen LogP contribution in [0.1, 0.15) is 98.8 Å².